The van der Waals surface area contributed by atoms with Crippen LogP contribution in [0.2, 0.25) is 0 Å². The lowest BCUT2D eigenvalue weighted by molar-refractivity contribution is 0.313. The number of hydrazine groups is 1. The number of nitrogens with one attached hydrogen (secondary N) is 1. The molecule has 3 N–H and O–H groups in total. The van der Waals surface area contributed by atoms with Crippen LogP contribution in [0.5, 0.6) is 0 Å². The molecular weight excluding hydrogens is 282 g/mol. The predicted molar refractivity (Wildman–Crippen MR) is 89.7 cm³/mol. The molecule has 0 radical (unpaired) electrons. The number of anilines is 2. The first-order valence-corrected chi connectivity index (χ1v) is 8.55. The van der Waals surface area contributed by atoms with E-state index < -0.39 is 0 Å². The van der Waals surface area contributed by atoms with Gasteiger partial charge in [-0.1, -0.05) is 13.3 Å². The van der Waals surface area contributed by atoms with Crippen LogP contribution in [-0.2, 0) is 0 Å². The minimum absolute atomic E-state index is 0.494. The Morgan fingerprint density at radius 3 is 2.76 bits per heavy atom. The second kappa shape index (κ2) is 6.15. The fourth-order valence-electron chi connectivity index (χ4n) is 3.29. The van der Waals surface area contributed by atoms with Crippen molar-refractivity contribution in [3.8, 4) is 0 Å². The van der Waals surface area contributed by atoms with E-state index in [2.05, 4.69) is 45.7 Å². The molecule has 21 heavy (non-hydrogen) atoms. The van der Waals surface area contributed by atoms with Crippen molar-refractivity contribution in [2.45, 2.75) is 45.1 Å². The molecule has 114 valence electrons. The maximum atomic E-state index is 5.50. The summed E-state index contributed by atoms with van der Waals surface area (Å²) >= 11 is 1.63. The van der Waals surface area contributed by atoms with E-state index in [1.807, 2.05) is 0 Å². The maximum Gasteiger partial charge on any atom is 0.240 e. The van der Waals surface area contributed by atoms with E-state index in [-0.39, 0.29) is 0 Å². The SMILES string of the molecule is CCC1CCC(N(C)c2nc(NN)nc3sccc23)CC1. The van der Waals surface area contributed by atoms with Crippen molar-refractivity contribution < 1.29 is 0 Å². The van der Waals surface area contributed by atoms with Crippen LogP contribution >= 0.6 is 11.3 Å². The first kappa shape index (κ1) is 14.5. The average Bonchev–Trinajstić information content (AvgIpc) is 3.01. The number of nitrogen functional groups attached to an aromatic ring is 1. The highest BCUT2D eigenvalue weighted by Gasteiger charge is 2.25. The van der Waals surface area contributed by atoms with Crippen molar-refractivity contribution in [1.82, 2.24) is 9.97 Å². The highest BCUT2D eigenvalue weighted by atomic mass is 32.1. The second-order valence-corrected chi connectivity index (χ2v) is 6.74. The first-order chi connectivity index (χ1) is 10.2. The zero-order chi connectivity index (χ0) is 14.8. The number of thiophene rings is 1. The van der Waals surface area contributed by atoms with Gasteiger partial charge in [0.05, 0.1) is 5.39 Å². The lowest BCUT2D eigenvalue weighted by Gasteiger charge is -2.35. The van der Waals surface area contributed by atoms with Crippen LogP contribution in [0.3, 0.4) is 0 Å². The largest absolute Gasteiger partial charge is 0.356 e. The molecule has 1 fully saturated rings. The summed E-state index contributed by atoms with van der Waals surface area (Å²) in [6.45, 7) is 2.30. The molecule has 0 unspecified atom stereocenters. The Morgan fingerprint density at radius 1 is 1.33 bits per heavy atom. The molecule has 0 saturated heterocycles. The van der Waals surface area contributed by atoms with E-state index in [0.29, 0.717) is 12.0 Å². The van der Waals surface area contributed by atoms with Crippen LogP contribution in [0.4, 0.5) is 11.8 Å². The van der Waals surface area contributed by atoms with E-state index in [9.17, 15) is 0 Å². The Bertz CT molecular complexity index is 603. The molecule has 0 atom stereocenters. The van der Waals surface area contributed by atoms with Crippen LogP contribution in [0.1, 0.15) is 39.0 Å². The van der Waals surface area contributed by atoms with Gasteiger partial charge in [-0.15, -0.1) is 11.3 Å². The van der Waals surface area contributed by atoms with Crippen molar-refractivity contribution in [3.05, 3.63) is 11.4 Å². The molecular formula is C15H23N5S. The summed E-state index contributed by atoms with van der Waals surface area (Å²) in [6.07, 6.45) is 6.45. The van der Waals surface area contributed by atoms with Gasteiger partial charge in [0.2, 0.25) is 5.95 Å². The summed E-state index contributed by atoms with van der Waals surface area (Å²) in [5, 5.41) is 3.18. The van der Waals surface area contributed by atoms with Crippen molar-refractivity contribution in [2.75, 3.05) is 17.4 Å². The zero-order valence-electron chi connectivity index (χ0n) is 12.7. The van der Waals surface area contributed by atoms with E-state index in [0.717, 1.165) is 22.0 Å². The fourth-order valence-corrected chi connectivity index (χ4v) is 4.05. The number of aromatic nitrogens is 2. The third-order valence-electron chi connectivity index (χ3n) is 4.71. The quantitative estimate of drug-likeness (QED) is 0.669. The summed E-state index contributed by atoms with van der Waals surface area (Å²) in [5.74, 6) is 7.90. The van der Waals surface area contributed by atoms with Crippen LogP contribution in [0.25, 0.3) is 10.2 Å². The molecule has 0 amide bonds. The summed E-state index contributed by atoms with van der Waals surface area (Å²) in [4.78, 5) is 12.3. The van der Waals surface area contributed by atoms with Gasteiger partial charge in [-0.05, 0) is 43.0 Å². The Balaban J connectivity index is 1.87. The van der Waals surface area contributed by atoms with Crippen molar-refractivity contribution >= 4 is 33.3 Å². The standard InChI is InChI=1S/C15H23N5S/c1-3-10-4-6-11(7-5-10)20(2)13-12-8-9-21-14(12)18-15(17-13)19-16/h8-11H,3-7,16H2,1-2H3,(H,17,18,19). The van der Waals surface area contributed by atoms with Gasteiger partial charge in [-0.25, -0.2) is 10.8 Å². The molecule has 0 bridgehead atoms. The zero-order valence-corrected chi connectivity index (χ0v) is 13.5. The number of rotatable bonds is 4. The van der Waals surface area contributed by atoms with E-state index in [1.54, 1.807) is 11.3 Å². The number of hydrogen-bond donors (Lipinski definition) is 2. The van der Waals surface area contributed by atoms with E-state index >= 15 is 0 Å². The highest BCUT2D eigenvalue weighted by Crippen LogP contribution is 2.34. The molecule has 3 rings (SSSR count). The van der Waals surface area contributed by atoms with E-state index in [4.69, 9.17) is 5.84 Å². The van der Waals surface area contributed by atoms with Crippen LogP contribution < -0.4 is 16.2 Å². The molecule has 2 heterocycles. The summed E-state index contributed by atoms with van der Waals surface area (Å²) < 4.78 is 0. The van der Waals surface area contributed by atoms with Gasteiger partial charge in [0, 0.05) is 13.1 Å². The van der Waals surface area contributed by atoms with Crippen molar-refractivity contribution in [2.24, 2.45) is 11.8 Å². The smallest absolute Gasteiger partial charge is 0.240 e. The van der Waals surface area contributed by atoms with E-state index in [1.165, 1.54) is 32.1 Å². The molecule has 6 heteroatoms. The van der Waals surface area contributed by atoms with Gasteiger partial charge in [-0.3, -0.25) is 5.43 Å². The normalized spacial score (nSPS) is 22.4. The summed E-state index contributed by atoms with van der Waals surface area (Å²) in [6, 6.07) is 2.67. The highest BCUT2D eigenvalue weighted by molar-refractivity contribution is 7.16. The molecule has 0 aliphatic heterocycles. The number of nitrogens with two attached hydrogens (primary N) is 1. The molecule has 1 aliphatic rings. The molecule has 2 aromatic heterocycles. The van der Waals surface area contributed by atoms with Crippen molar-refractivity contribution in [1.29, 1.82) is 0 Å². The van der Waals surface area contributed by atoms with Gasteiger partial charge < -0.3 is 4.90 Å². The minimum atomic E-state index is 0.494. The monoisotopic (exact) mass is 305 g/mol. The minimum Gasteiger partial charge on any atom is -0.356 e. The van der Waals surface area contributed by atoms with Crippen LogP contribution in [0.15, 0.2) is 11.4 Å². The van der Waals surface area contributed by atoms with Crippen LogP contribution in [-0.4, -0.2) is 23.1 Å². The van der Waals surface area contributed by atoms with Gasteiger partial charge >= 0.3 is 0 Å². The fraction of sp³-hybridized carbons (Fsp3) is 0.600. The number of hydrogen-bond acceptors (Lipinski definition) is 6. The van der Waals surface area contributed by atoms with Gasteiger partial charge in [0.1, 0.15) is 10.6 Å². The Kier molecular flexibility index (Phi) is 4.26. The molecule has 1 saturated carbocycles. The van der Waals surface area contributed by atoms with Gasteiger partial charge in [-0.2, -0.15) is 4.98 Å². The second-order valence-electron chi connectivity index (χ2n) is 5.85. The number of fused-ring (bicyclic) bond motifs is 1. The molecule has 1 aliphatic carbocycles. The lowest BCUT2D eigenvalue weighted by atomic mass is 9.84. The molecule has 0 spiro atoms. The van der Waals surface area contributed by atoms with Gasteiger partial charge in [0.25, 0.3) is 0 Å². The Morgan fingerprint density at radius 2 is 2.10 bits per heavy atom. The Hall–Kier alpha value is -1.40. The first-order valence-electron chi connectivity index (χ1n) is 7.67. The third kappa shape index (κ3) is 2.82. The van der Waals surface area contributed by atoms with Crippen LogP contribution in [0, 0.1) is 5.92 Å². The summed E-state index contributed by atoms with van der Waals surface area (Å²) in [5.41, 5.74) is 2.58. The molecule has 5 nitrogen and oxygen atoms in total. The maximum absolute atomic E-state index is 5.50. The lowest BCUT2D eigenvalue weighted by Crippen LogP contribution is -2.36. The van der Waals surface area contributed by atoms with Gasteiger partial charge in [0.15, 0.2) is 0 Å². The molecule has 0 aromatic carbocycles. The third-order valence-corrected chi connectivity index (χ3v) is 5.52. The summed E-state index contributed by atoms with van der Waals surface area (Å²) in [7, 11) is 2.15. The number of nitrogens with zero attached hydrogens (tertiary/aromatic N) is 3. The predicted octanol–water partition coefficient (Wildman–Crippen LogP) is 3.38. The van der Waals surface area contributed by atoms with Crippen molar-refractivity contribution in [3.63, 3.8) is 0 Å². The average molecular weight is 305 g/mol. The topological polar surface area (TPSA) is 67.1 Å². The Labute approximate surface area is 129 Å². The molecule has 2 aromatic rings.